The maximum Gasteiger partial charge on any atom is 0.149 e. The quantitative estimate of drug-likeness (QED) is 0.836. The first-order valence-electron chi connectivity index (χ1n) is 4.96. The van der Waals surface area contributed by atoms with E-state index in [0.717, 1.165) is 11.1 Å². The van der Waals surface area contributed by atoms with Gasteiger partial charge in [0.1, 0.15) is 11.6 Å². The molecule has 2 aromatic rings. The third-order valence-electron chi connectivity index (χ3n) is 2.31. The van der Waals surface area contributed by atoms with Crippen molar-refractivity contribution < 1.29 is 4.39 Å². The van der Waals surface area contributed by atoms with Gasteiger partial charge in [0.05, 0.1) is 6.04 Å². The zero-order chi connectivity index (χ0) is 11.5. The molecule has 16 heavy (non-hydrogen) atoms. The van der Waals surface area contributed by atoms with Crippen molar-refractivity contribution in [1.82, 2.24) is 9.97 Å². The molecule has 0 bridgehead atoms. The Morgan fingerprint density at radius 3 is 2.25 bits per heavy atom. The monoisotopic (exact) mass is 217 g/mol. The van der Waals surface area contributed by atoms with E-state index < -0.39 is 6.04 Å². The molecule has 1 unspecified atom stereocenters. The number of nitrogens with zero attached hydrogens (tertiary/aromatic N) is 2. The number of hydrogen-bond acceptors (Lipinski definition) is 3. The van der Waals surface area contributed by atoms with Crippen LogP contribution in [-0.2, 0) is 0 Å². The molecule has 1 aromatic heterocycles. The van der Waals surface area contributed by atoms with Gasteiger partial charge in [0, 0.05) is 12.4 Å². The molecule has 0 spiro atoms. The predicted molar refractivity (Wildman–Crippen MR) is 59.2 cm³/mol. The Morgan fingerprint density at radius 2 is 1.69 bits per heavy atom. The van der Waals surface area contributed by atoms with Gasteiger partial charge in [0.25, 0.3) is 0 Å². The first-order valence-corrected chi connectivity index (χ1v) is 4.96. The largest absolute Gasteiger partial charge is 0.318 e. The van der Waals surface area contributed by atoms with Gasteiger partial charge < -0.3 is 5.73 Å². The molecule has 0 amide bonds. The minimum atomic E-state index is -0.416. The van der Waals surface area contributed by atoms with Gasteiger partial charge in [-0.1, -0.05) is 12.1 Å². The Hall–Kier alpha value is -1.81. The Labute approximate surface area is 93.2 Å². The fourth-order valence-corrected chi connectivity index (χ4v) is 1.38. The van der Waals surface area contributed by atoms with E-state index in [2.05, 4.69) is 9.97 Å². The van der Waals surface area contributed by atoms with Crippen molar-refractivity contribution in [3.8, 4) is 0 Å². The lowest BCUT2D eigenvalue weighted by atomic mass is 10.1. The van der Waals surface area contributed by atoms with Crippen molar-refractivity contribution >= 4 is 0 Å². The van der Waals surface area contributed by atoms with Crippen molar-refractivity contribution in [2.75, 3.05) is 0 Å². The van der Waals surface area contributed by atoms with Crippen molar-refractivity contribution in [3.63, 3.8) is 0 Å². The van der Waals surface area contributed by atoms with E-state index in [9.17, 15) is 4.39 Å². The van der Waals surface area contributed by atoms with Crippen LogP contribution in [0.3, 0.4) is 0 Å². The molecule has 2 rings (SSSR count). The molecule has 3 nitrogen and oxygen atoms in total. The molecule has 0 aliphatic carbocycles. The topological polar surface area (TPSA) is 51.8 Å². The van der Waals surface area contributed by atoms with E-state index in [1.54, 1.807) is 24.5 Å². The SMILES string of the molecule is Cc1cnc(C(N)c2ccc(F)cc2)nc1. The molecular formula is C12H12FN3. The van der Waals surface area contributed by atoms with E-state index in [1.807, 2.05) is 6.92 Å². The summed E-state index contributed by atoms with van der Waals surface area (Å²) in [5.74, 6) is 0.262. The molecule has 0 aliphatic heterocycles. The van der Waals surface area contributed by atoms with E-state index in [4.69, 9.17) is 5.73 Å². The first kappa shape index (κ1) is 10.7. The molecule has 0 radical (unpaired) electrons. The Bertz CT molecular complexity index is 419. The van der Waals surface area contributed by atoms with Crippen LogP contribution in [0.1, 0.15) is 23.0 Å². The molecule has 1 atom stereocenters. The highest BCUT2D eigenvalue weighted by molar-refractivity contribution is 5.24. The number of nitrogens with two attached hydrogens (primary N) is 1. The Morgan fingerprint density at radius 1 is 1.12 bits per heavy atom. The van der Waals surface area contributed by atoms with Crippen LogP contribution in [0.25, 0.3) is 0 Å². The molecule has 0 aliphatic rings. The number of benzene rings is 1. The molecule has 0 saturated heterocycles. The molecule has 1 aromatic carbocycles. The van der Waals surface area contributed by atoms with E-state index in [0.29, 0.717) is 5.82 Å². The van der Waals surface area contributed by atoms with Crippen LogP contribution >= 0.6 is 0 Å². The lowest BCUT2D eigenvalue weighted by Gasteiger charge is -2.10. The van der Waals surface area contributed by atoms with Gasteiger partial charge in [-0.15, -0.1) is 0 Å². The Kier molecular flexibility index (Phi) is 2.92. The van der Waals surface area contributed by atoms with Crippen LogP contribution < -0.4 is 5.73 Å². The predicted octanol–water partition coefficient (Wildman–Crippen LogP) is 1.97. The van der Waals surface area contributed by atoms with Gasteiger partial charge in [-0.25, -0.2) is 14.4 Å². The number of rotatable bonds is 2. The van der Waals surface area contributed by atoms with E-state index in [-0.39, 0.29) is 5.82 Å². The third-order valence-corrected chi connectivity index (χ3v) is 2.31. The standard InChI is InChI=1S/C12H12FN3/c1-8-6-15-12(16-7-8)11(14)9-2-4-10(13)5-3-9/h2-7,11H,14H2,1H3. The second kappa shape index (κ2) is 4.37. The van der Waals surface area contributed by atoms with Gasteiger partial charge in [-0.3, -0.25) is 0 Å². The molecule has 1 heterocycles. The van der Waals surface area contributed by atoms with Crippen LogP contribution in [0.4, 0.5) is 4.39 Å². The maximum absolute atomic E-state index is 12.7. The number of aromatic nitrogens is 2. The zero-order valence-electron chi connectivity index (χ0n) is 8.89. The fourth-order valence-electron chi connectivity index (χ4n) is 1.38. The number of hydrogen-bond donors (Lipinski definition) is 1. The average Bonchev–Trinajstić information content (AvgIpc) is 2.30. The van der Waals surface area contributed by atoms with Gasteiger partial charge in [0.15, 0.2) is 0 Å². The summed E-state index contributed by atoms with van der Waals surface area (Å²) in [6, 6.07) is 5.63. The summed E-state index contributed by atoms with van der Waals surface area (Å²) < 4.78 is 12.7. The normalized spacial score (nSPS) is 12.4. The first-order chi connectivity index (χ1) is 7.66. The van der Waals surface area contributed by atoms with Crippen molar-refractivity contribution in [2.24, 2.45) is 5.73 Å². The summed E-state index contributed by atoms with van der Waals surface area (Å²) in [4.78, 5) is 8.29. The maximum atomic E-state index is 12.7. The van der Waals surface area contributed by atoms with Gasteiger partial charge >= 0.3 is 0 Å². The lowest BCUT2D eigenvalue weighted by molar-refractivity contribution is 0.626. The summed E-state index contributed by atoms with van der Waals surface area (Å²) in [5.41, 5.74) is 7.75. The van der Waals surface area contributed by atoms with Crippen LogP contribution in [-0.4, -0.2) is 9.97 Å². The second-order valence-corrected chi connectivity index (χ2v) is 3.65. The summed E-state index contributed by atoms with van der Waals surface area (Å²) >= 11 is 0. The van der Waals surface area contributed by atoms with Gasteiger partial charge in [0.2, 0.25) is 0 Å². The van der Waals surface area contributed by atoms with Gasteiger partial charge in [-0.2, -0.15) is 0 Å². The van der Waals surface area contributed by atoms with E-state index in [1.165, 1.54) is 12.1 Å². The molecule has 2 N–H and O–H groups in total. The molecular weight excluding hydrogens is 205 g/mol. The van der Waals surface area contributed by atoms with Crippen LogP contribution in [0, 0.1) is 12.7 Å². The molecule has 0 fully saturated rings. The molecule has 0 saturated carbocycles. The highest BCUT2D eigenvalue weighted by Crippen LogP contribution is 2.16. The van der Waals surface area contributed by atoms with Gasteiger partial charge in [-0.05, 0) is 30.2 Å². The number of halogens is 1. The minimum absolute atomic E-state index is 0.277. The highest BCUT2D eigenvalue weighted by Gasteiger charge is 2.11. The molecule has 82 valence electrons. The zero-order valence-corrected chi connectivity index (χ0v) is 8.89. The van der Waals surface area contributed by atoms with Crippen molar-refractivity contribution in [3.05, 3.63) is 59.4 Å². The summed E-state index contributed by atoms with van der Waals surface area (Å²) in [5, 5.41) is 0. The van der Waals surface area contributed by atoms with Crippen LogP contribution in [0.2, 0.25) is 0 Å². The fraction of sp³-hybridized carbons (Fsp3) is 0.167. The second-order valence-electron chi connectivity index (χ2n) is 3.65. The average molecular weight is 217 g/mol. The smallest absolute Gasteiger partial charge is 0.149 e. The minimum Gasteiger partial charge on any atom is -0.318 e. The summed E-state index contributed by atoms with van der Waals surface area (Å²) in [6.07, 6.45) is 3.43. The van der Waals surface area contributed by atoms with Crippen LogP contribution in [0.15, 0.2) is 36.7 Å². The van der Waals surface area contributed by atoms with Crippen molar-refractivity contribution in [2.45, 2.75) is 13.0 Å². The number of aryl methyl sites for hydroxylation is 1. The third kappa shape index (κ3) is 2.23. The van der Waals surface area contributed by atoms with E-state index >= 15 is 0 Å². The highest BCUT2D eigenvalue weighted by atomic mass is 19.1. The lowest BCUT2D eigenvalue weighted by Crippen LogP contribution is -2.15. The van der Waals surface area contributed by atoms with Crippen molar-refractivity contribution in [1.29, 1.82) is 0 Å². The summed E-state index contributed by atoms with van der Waals surface area (Å²) in [6.45, 7) is 1.91. The van der Waals surface area contributed by atoms with Crippen LogP contribution in [0.5, 0.6) is 0 Å². The molecule has 4 heteroatoms. The summed E-state index contributed by atoms with van der Waals surface area (Å²) in [7, 11) is 0. The Balaban J connectivity index is 2.28.